The van der Waals surface area contributed by atoms with Crippen molar-refractivity contribution in [3.63, 3.8) is 0 Å². The van der Waals surface area contributed by atoms with Gasteiger partial charge in [-0.05, 0) is 55.0 Å². The van der Waals surface area contributed by atoms with Gasteiger partial charge in [-0.1, -0.05) is 6.07 Å². The summed E-state index contributed by atoms with van der Waals surface area (Å²) in [5, 5.41) is 2.03. The van der Waals surface area contributed by atoms with Crippen molar-refractivity contribution in [2.45, 2.75) is 37.8 Å². The summed E-state index contributed by atoms with van der Waals surface area (Å²) in [6, 6.07) is 11.7. The Bertz CT molecular complexity index is 654. The fourth-order valence-corrected chi connectivity index (χ4v) is 3.54. The van der Waals surface area contributed by atoms with Gasteiger partial charge in [-0.3, -0.25) is 4.79 Å². The van der Waals surface area contributed by atoms with Crippen LogP contribution in [0.15, 0.2) is 41.8 Å². The van der Waals surface area contributed by atoms with Gasteiger partial charge in [0.25, 0.3) is 0 Å². The van der Waals surface area contributed by atoms with Gasteiger partial charge in [-0.25, -0.2) is 0 Å². The number of ether oxygens (including phenoxy) is 1. The van der Waals surface area contributed by atoms with Gasteiger partial charge in [0, 0.05) is 22.5 Å². The first-order chi connectivity index (χ1) is 11.1. The molecule has 0 bridgehead atoms. The van der Waals surface area contributed by atoms with Crippen LogP contribution in [-0.2, 0) is 11.3 Å². The molecule has 3 rings (SSSR count). The zero-order valence-electron chi connectivity index (χ0n) is 13.7. The second kappa shape index (κ2) is 8.01. The quantitative estimate of drug-likeness (QED) is 0.841. The van der Waals surface area contributed by atoms with Crippen LogP contribution in [0.2, 0.25) is 0 Å². The van der Waals surface area contributed by atoms with E-state index in [2.05, 4.69) is 6.07 Å². The van der Waals surface area contributed by atoms with Gasteiger partial charge >= 0.3 is 0 Å². The molecule has 1 aliphatic rings. The number of carbonyl (C=O) groups excluding carboxylic acids is 1. The number of hydrogen-bond donors (Lipinski definition) is 1. The predicted octanol–water partition coefficient (Wildman–Crippen LogP) is 3.98. The third kappa shape index (κ3) is 4.29. The van der Waals surface area contributed by atoms with E-state index in [4.69, 9.17) is 10.5 Å². The molecule has 6 heteroatoms. The van der Waals surface area contributed by atoms with E-state index in [0.717, 1.165) is 35.6 Å². The Morgan fingerprint density at radius 2 is 2.00 bits per heavy atom. The first kappa shape index (κ1) is 18.8. The molecule has 0 atom stereocenters. The maximum atomic E-state index is 12.9. The number of hydrogen-bond acceptors (Lipinski definition) is 4. The molecule has 1 saturated carbocycles. The molecule has 1 aromatic carbocycles. The van der Waals surface area contributed by atoms with E-state index in [0.29, 0.717) is 13.0 Å². The predicted molar refractivity (Wildman–Crippen MR) is 101 cm³/mol. The molecule has 0 spiro atoms. The fraction of sp³-hybridized carbons (Fsp3) is 0.389. The topological polar surface area (TPSA) is 55.6 Å². The number of carbonyl (C=O) groups is 1. The second-order valence-corrected chi connectivity index (χ2v) is 7.18. The van der Waals surface area contributed by atoms with Crippen LogP contribution in [-0.4, -0.2) is 18.6 Å². The molecule has 2 aromatic rings. The van der Waals surface area contributed by atoms with Crippen LogP contribution in [0.5, 0.6) is 5.75 Å². The van der Waals surface area contributed by atoms with Crippen LogP contribution in [0.3, 0.4) is 0 Å². The lowest BCUT2D eigenvalue weighted by Crippen LogP contribution is -2.50. The molecule has 0 saturated heterocycles. The maximum absolute atomic E-state index is 12.9. The molecule has 1 amide bonds. The molecule has 1 heterocycles. The van der Waals surface area contributed by atoms with Crippen LogP contribution in [0.25, 0.3) is 0 Å². The van der Waals surface area contributed by atoms with Gasteiger partial charge in [-0.2, -0.15) is 0 Å². The largest absolute Gasteiger partial charge is 0.497 e. The van der Waals surface area contributed by atoms with Crippen LogP contribution in [0.4, 0.5) is 5.69 Å². The Morgan fingerprint density at radius 3 is 2.50 bits per heavy atom. The highest BCUT2D eigenvalue weighted by molar-refractivity contribution is 7.09. The van der Waals surface area contributed by atoms with Crippen LogP contribution in [0, 0.1) is 0 Å². The van der Waals surface area contributed by atoms with Gasteiger partial charge in [-0.15, -0.1) is 23.7 Å². The first-order valence-corrected chi connectivity index (χ1v) is 8.73. The van der Waals surface area contributed by atoms with Crippen molar-refractivity contribution in [3.05, 3.63) is 46.7 Å². The van der Waals surface area contributed by atoms with Crippen molar-refractivity contribution < 1.29 is 9.53 Å². The van der Waals surface area contributed by atoms with Gasteiger partial charge in [0.1, 0.15) is 5.75 Å². The molecule has 24 heavy (non-hydrogen) atoms. The minimum atomic E-state index is -0.308. The third-order valence-electron chi connectivity index (χ3n) is 4.43. The number of benzene rings is 1. The van der Waals surface area contributed by atoms with Crippen molar-refractivity contribution in [2.24, 2.45) is 5.73 Å². The average Bonchev–Trinajstić information content (AvgIpc) is 3.04. The van der Waals surface area contributed by atoms with Crippen molar-refractivity contribution in [1.29, 1.82) is 0 Å². The highest BCUT2D eigenvalue weighted by atomic mass is 35.5. The summed E-state index contributed by atoms with van der Waals surface area (Å²) < 4.78 is 5.20. The lowest BCUT2D eigenvalue weighted by atomic mass is 9.75. The summed E-state index contributed by atoms with van der Waals surface area (Å²) in [6.45, 7) is 0.582. The molecule has 1 fully saturated rings. The zero-order valence-corrected chi connectivity index (χ0v) is 15.4. The molecule has 2 N–H and O–H groups in total. The SMILES string of the molecule is COc1ccc(N(Cc2cccs2)C(=O)CC2(N)CCC2)cc1.Cl. The van der Waals surface area contributed by atoms with Crippen molar-refractivity contribution in [3.8, 4) is 5.75 Å². The van der Waals surface area contributed by atoms with E-state index < -0.39 is 0 Å². The van der Waals surface area contributed by atoms with Crippen molar-refractivity contribution in [2.75, 3.05) is 12.0 Å². The molecular weight excluding hydrogens is 344 g/mol. The molecule has 0 aliphatic heterocycles. The summed E-state index contributed by atoms with van der Waals surface area (Å²) >= 11 is 1.66. The van der Waals surface area contributed by atoms with Gasteiger partial charge in [0.15, 0.2) is 0 Å². The summed E-state index contributed by atoms with van der Waals surface area (Å²) in [5.74, 6) is 0.873. The molecular formula is C18H23ClN2O2S. The fourth-order valence-electron chi connectivity index (χ4n) is 2.85. The van der Waals surface area contributed by atoms with E-state index >= 15 is 0 Å². The Kier molecular flexibility index (Phi) is 6.27. The first-order valence-electron chi connectivity index (χ1n) is 7.85. The van der Waals surface area contributed by atoms with E-state index in [9.17, 15) is 4.79 Å². The number of thiophene rings is 1. The Balaban J connectivity index is 0.00000208. The maximum Gasteiger partial charge on any atom is 0.229 e. The number of amides is 1. The summed E-state index contributed by atoms with van der Waals surface area (Å²) in [5.41, 5.74) is 6.85. The van der Waals surface area contributed by atoms with Crippen molar-refractivity contribution in [1.82, 2.24) is 0 Å². The molecule has 130 valence electrons. The molecule has 4 nitrogen and oxygen atoms in total. The minimum Gasteiger partial charge on any atom is -0.497 e. The number of rotatable bonds is 6. The van der Waals surface area contributed by atoms with E-state index in [1.807, 2.05) is 40.6 Å². The van der Waals surface area contributed by atoms with Crippen LogP contribution < -0.4 is 15.4 Å². The summed E-state index contributed by atoms with van der Waals surface area (Å²) in [6.07, 6.45) is 3.41. The Hall–Kier alpha value is -1.56. The van der Waals surface area contributed by atoms with Gasteiger partial charge in [0.2, 0.25) is 5.91 Å². The highest BCUT2D eigenvalue weighted by Crippen LogP contribution is 2.34. The lowest BCUT2D eigenvalue weighted by Gasteiger charge is -2.39. The number of methoxy groups -OCH3 is 1. The third-order valence-corrected chi connectivity index (χ3v) is 5.29. The summed E-state index contributed by atoms with van der Waals surface area (Å²) in [4.78, 5) is 15.8. The molecule has 0 unspecified atom stereocenters. The smallest absolute Gasteiger partial charge is 0.229 e. The molecule has 1 aromatic heterocycles. The second-order valence-electron chi connectivity index (χ2n) is 6.15. The Labute approximate surface area is 153 Å². The minimum absolute atomic E-state index is 0. The number of halogens is 1. The van der Waals surface area contributed by atoms with Crippen LogP contribution >= 0.6 is 23.7 Å². The summed E-state index contributed by atoms with van der Waals surface area (Å²) in [7, 11) is 1.64. The molecule has 0 radical (unpaired) electrons. The normalized spacial score (nSPS) is 15.1. The monoisotopic (exact) mass is 366 g/mol. The van der Waals surface area contributed by atoms with Crippen molar-refractivity contribution >= 4 is 35.3 Å². The van der Waals surface area contributed by atoms with Gasteiger partial charge < -0.3 is 15.4 Å². The van der Waals surface area contributed by atoms with Crippen LogP contribution in [0.1, 0.15) is 30.6 Å². The molecule has 1 aliphatic carbocycles. The van der Waals surface area contributed by atoms with E-state index in [1.54, 1.807) is 18.4 Å². The average molecular weight is 367 g/mol. The highest BCUT2D eigenvalue weighted by Gasteiger charge is 2.36. The van der Waals surface area contributed by atoms with E-state index in [-0.39, 0.29) is 23.9 Å². The lowest BCUT2D eigenvalue weighted by molar-refractivity contribution is -0.120. The Morgan fingerprint density at radius 1 is 1.29 bits per heavy atom. The standard InChI is InChI=1S/C18H22N2O2S.ClH/c1-22-15-7-5-14(6-8-15)20(13-16-4-2-11-23-16)17(21)12-18(19)9-3-10-18;/h2,4-8,11H,3,9-10,12-13,19H2,1H3;1H. The van der Waals surface area contributed by atoms with Gasteiger partial charge in [0.05, 0.1) is 13.7 Å². The number of nitrogens with zero attached hydrogens (tertiary/aromatic N) is 1. The van der Waals surface area contributed by atoms with E-state index in [1.165, 1.54) is 0 Å². The number of nitrogens with two attached hydrogens (primary N) is 1. The zero-order chi connectivity index (χ0) is 16.3. The number of anilines is 1.